The Bertz CT molecular complexity index is 518. The molecular weight excluding hydrogens is 206 g/mol. The molecule has 3 nitrogen and oxygen atoms in total. The Morgan fingerprint density at radius 2 is 2.07 bits per heavy atom. The van der Waals surface area contributed by atoms with Gasteiger partial charge in [0.1, 0.15) is 29.1 Å². The largest absolute Gasteiger partial charge is 0.333 e. The highest BCUT2D eigenvalue weighted by atomic mass is 35.5. The third kappa shape index (κ3) is 1.78. The minimum absolute atomic E-state index is 0.0289. The number of pyridine rings is 1. The predicted molar refractivity (Wildman–Crippen MR) is 70.9 cm³/mol. The average Bonchev–Trinajstić information content (AvgIpc) is 2.45. The molecule has 0 fully saturated rings. The number of nitrogens with zero attached hydrogens (tertiary/aromatic N) is 3. The van der Waals surface area contributed by atoms with Crippen molar-refractivity contribution in [1.29, 1.82) is 0 Å². The molecule has 2 heterocycles. The third-order valence-corrected chi connectivity index (χ3v) is 2.60. The lowest BCUT2D eigenvalue weighted by Crippen LogP contribution is -2.34. The van der Waals surface area contributed by atoms with Crippen LogP contribution in [-0.2, 0) is 5.24 Å². The van der Waals surface area contributed by atoms with E-state index in [0.29, 0.717) is 5.02 Å². The summed E-state index contributed by atoms with van der Waals surface area (Å²) in [6.07, 6.45) is 1.79. The molecule has 0 spiro atoms. The van der Waals surface area contributed by atoms with Crippen molar-refractivity contribution >= 4 is 46.3 Å². The van der Waals surface area contributed by atoms with Gasteiger partial charge < -0.3 is 4.57 Å². The van der Waals surface area contributed by atoms with Gasteiger partial charge in [-0.15, -0.1) is 0 Å². The molecular formula is C8H11B3ClN3. The zero-order chi connectivity index (χ0) is 11.2. The second-order valence-corrected chi connectivity index (χ2v) is 5.11. The van der Waals surface area contributed by atoms with Crippen LogP contribution < -0.4 is 0 Å². The highest BCUT2D eigenvalue weighted by molar-refractivity contribution is 6.56. The van der Waals surface area contributed by atoms with Crippen LogP contribution in [0.25, 0.3) is 11.2 Å². The van der Waals surface area contributed by atoms with Crippen LogP contribution >= 0.6 is 11.6 Å². The second kappa shape index (κ2) is 3.30. The van der Waals surface area contributed by atoms with Crippen LogP contribution in [0.15, 0.2) is 12.4 Å². The van der Waals surface area contributed by atoms with Crippen molar-refractivity contribution in [3.8, 4) is 0 Å². The van der Waals surface area contributed by atoms with Gasteiger partial charge >= 0.3 is 0 Å². The van der Waals surface area contributed by atoms with Gasteiger partial charge in [0.05, 0.1) is 11.3 Å². The molecule has 0 aromatic carbocycles. The summed E-state index contributed by atoms with van der Waals surface area (Å²) >= 11 is 6.11. The highest BCUT2D eigenvalue weighted by Gasteiger charge is 2.18. The second-order valence-electron chi connectivity index (χ2n) is 4.70. The zero-order valence-electron chi connectivity index (χ0n) is 9.37. The van der Waals surface area contributed by atoms with E-state index in [1.165, 1.54) is 0 Å². The third-order valence-electron chi connectivity index (χ3n) is 2.31. The normalized spacial score (nSPS) is 12.1. The Hall–Kier alpha value is -0.895. The summed E-state index contributed by atoms with van der Waals surface area (Å²) in [4.78, 5) is 8.77. The van der Waals surface area contributed by atoms with Gasteiger partial charge in [0.15, 0.2) is 5.65 Å². The molecule has 15 heavy (non-hydrogen) atoms. The van der Waals surface area contributed by atoms with Crippen LogP contribution in [0.2, 0.25) is 5.02 Å². The van der Waals surface area contributed by atoms with E-state index in [2.05, 4.69) is 33.5 Å². The SMILES string of the molecule is BC(B)(B)n1cnc2c(Cl)cc(C)nc21. The maximum absolute atomic E-state index is 6.11. The monoisotopic (exact) mass is 217 g/mol. The van der Waals surface area contributed by atoms with Crippen molar-refractivity contribution in [3.05, 3.63) is 23.1 Å². The van der Waals surface area contributed by atoms with Crippen LogP contribution in [0.3, 0.4) is 0 Å². The Morgan fingerprint density at radius 3 is 2.67 bits per heavy atom. The number of aryl methyl sites for hydroxylation is 1. The van der Waals surface area contributed by atoms with Crippen molar-refractivity contribution in [2.45, 2.75) is 12.2 Å². The molecule has 0 unspecified atom stereocenters. The lowest BCUT2D eigenvalue weighted by Gasteiger charge is -2.21. The van der Waals surface area contributed by atoms with Crippen LogP contribution in [-0.4, -0.2) is 38.1 Å². The van der Waals surface area contributed by atoms with Gasteiger partial charge in [0, 0.05) is 5.69 Å². The Labute approximate surface area is 96.5 Å². The van der Waals surface area contributed by atoms with Gasteiger partial charge in [-0.1, -0.05) is 11.6 Å². The van der Waals surface area contributed by atoms with E-state index in [9.17, 15) is 0 Å². The minimum atomic E-state index is -0.0289. The maximum Gasteiger partial charge on any atom is 0.160 e. The van der Waals surface area contributed by atoms with Gasteiger partial charge in [0.2, 0.25) is 0 Å². The highest BCUT2D eigenvalue weighted by Crippen LogP contribution is 2.23. The van der Waals surface area contributed by atoms with Crippen LogP contribution in [0.5, 0.6) is 0 Å². The molecule has 0 aliphatic carbocycles. The Balaban J connectivity index is 2.80. The predicted octanol–water partition coefficient (Wildman–Crippen LogP) is -1.14. The summed E-state index contributed by atoms with van der Waals surface area (Å²) in [5.41, 5.74) is 2.54. The van der Waals surface area contributed by atoms with Crippen molar-refractivity contribution in [3.63, 3.8) is 0 Å². The number of hydrogen-bond donors (Lipinski definition) is 0. The summed E-state index contributed by atoms with van der Waals surface area (Å²) < 4.78 is 2.04. The van der Waals surface area contributed by atoms with E-state index in [-0.39, 0.29) is 5.24 Å². The summed E-state index contributed by atoms with van der Waals surface area (Å²) in [7, 11) is 6.35. The summed E-state index contributed by atoms with van der Waals surface area (Å²) in [5.74, 6) is 0. The molecule has 0 aliphatic heterocycles. The smallest absolute Gasteiger partial charge is 0.160 e. The average molecular weight is 217 g/mol. The molecule has 2 aromatic heterocycles. The fourth-order valence-electron chi connectivity index (χ4n) is 1.56. The van der Waals surface area contributed by atoms with Gasteiger partial charge in [-0.05, 0) is 18.2 Å². The topological polar surface area (TPSA) is 30.7 Å². The molecule has 0 N–H and O–H groups in total. The van der Waals surface area contributed by atoms with E-state index in [4.69, 9.17) is 11.6 Å². The van der Waals surface area contributed by atoms with E-state index in [1.807, 2.05) is 17.6 Å². The Morgan fingerprint density at radius 1 is 1.40 bits per heavy atom. The molecule has 0 saturated carbocycles. The van der Waals surface area contributed by atoms with E-state index in [0.717, 1.165) is 16.9 Å². The van der Waals surface area contributed by atoms with E-state index < -0.39 is 0 Å². The maximum atomic E-state index is 6.11. The van der Waals surface area contributed by atoms with Crippen molar-refractivity contribution in [2.75, 3.05) is 0 Å². The molecule has 0 amide bonds. The first-order chi connectivity index (χ1) is 6.89. The van der Waals surface area contributed by atoms with Crippen LogP contribution in [0, 0.1) is 6.92 Å². The fourth-order valence-corrected chi connectivity index (χ4v) is 1.85. The van der Waals surface area contributed by atoms with Gasteiger partial charge in [-0.25, -0.2) is 9.97 Å². The number of hydrogen-bond acceptors (Lipinski definition) is 2. The molecule has 0 atom stereocenters. The first-order valence-electron chi connectivity index (χ1n) is 4.90. The molecule has 0 radical (unpaired) electrons. The van der Waals surface area contributed by atoms with Crippen molar-refractivity contribution in [1.82, 2.24) is 14.5 Å². The quantitative estimate of drug-likeness (QED) is 0.565. The lowest BCUT2D eigenvalue weighted by molar-refractivity contribution is 0.799. The number of halogens is 1. The number of fused-ring (bicyclic) bond motifs is 1. The summed E-state index contributed by atoms with van der Waals surface area (Å²) in [5, 5.41) is 0.638. The standard InChI is InChI=1S/C8H11B3ClN3/c1-4-2-5(12)6-7(14-4)15(3-13-6)8(9,10)11/h2-3H,9-11H2,1H3. The minimum Gasteiger partial charge on any atom is -0.333 e. The summed E-state index contributed by atoms with van der Waals surface area (Å²) in [6, 6.07) is 1.84. The van der Waals surface area contributed by atoms with Gasteiger partial charge in [-0.3, -0.25) is 0 Å². The van der Waals surface area contributed by atoms with Gasteiger partial charge in [-0.2, -0.15) is 0 Å². The van der Waals surface area contributed by atoms with Gasteiger partial charge in [0.25, 0.3) is 0 Å². The van der Waals surface area contributed by atoms with E-state index >= 15 is 0 Å². The first kappa shape index (κ1) is 10.6. The number of aromatic nitrogens is 3. The molecule has 7 heteroatoms. The van der Waals surface area contributed by atoms with Crippen molar-refractivity contribution < 1.29 is 0 Å². The van der Waals surface area contributed by atoms with Crippen LogP contribution in [0.4, 0.5) is 0 Å². The molecule has 0 bridgehead atoms. The Kier molecular flexibility index (Phi) is 2.34. The molecule has 2 rings (SSSR count). The fraction of sp³-hybridized carbons (Fsp3) is 0.250. The summed E-state index contributed by atoms with van der Waals surface area (Å²) in [6.45, 7) is 1.94. The van der Waals surface area contributed by atoms with E-state index in [1.54, 1.807) is 6.33 Å². The van der Waals surface area contributed by atoms with Crippen molar-refractivity contribution in [2.24, 2.45) is 0 Å². The number of rotatable bonds is 1. The molecule has 0 aliphatic rings. The zero-order valence-corrected chi connectivity index (χ0v) is 10.1. The lowest BCUT2D eigenvalue weighted by atomic mass is 9.49. The number of imidazole rings is 1. The molecule has 2 aromatic rings. The molecule has 74 valence electrons. The van der Waals surface area contributed by atoms with Crippen LogP contribution in [0.1, 0.15) is 5.69 Å². The first-order valence-corrected chi connectivity index (χ1v) is 5.28. The molecule has 0 saturated heterocycles.